The molecule has 0 N–H and O–H groups in total. The van der Waals surface area contributed by atoms with Crippen LogP contribution in [0, 0.1) is 0 Å². The summed E-state index contributed by atoms with van der Waals surface area (Å²) in [5.74, 6) is 0.675. The maximum atomic E-state index is 12.3. The van der Waals surface area contributed by atoms with Gasteiger partial charge in [0.15, 0.2) is 0 Å². The Morgan fingerprint density at radius 3 is 2.47 bits per heavy atom. The molecule has 0 aromatic heterocycles. The van der Waals surface area contributed by atoms with Crippen molar-refractivity contribution in [3.63, 3.8) is 0 Å². The first-order valence-corrected chi connectivity index (χ1v) is 6.59. The van der Waals surface area contributed by atoms with Gasteiger partial charge in [0.25, 0.3) is 5.91 Å². The summed E-state index contributed by atoms with van der Waals surface area (Å²) in [6, 6.07) is 14.7. The fourth-order valence-corrected chi connectivity index (χ4v) is 1.99. The molecule has 1 amide bonds. The van der Waals surface area contributed by atoms with Gasteiger partial charge in [0.05, 0.1) is 7.11 Å². The van der Waals surface area contributed by atoms with Crippen molar-refractivity contribution in [1.29, 1.82) is 0 Å². The summed E-state index contributed by atoms with van der Waals surface area (Å²) in [5.41, 5.74) is 1.45. The number of hydrogen-bond acceptors (Lipinski definition) is 2. The summed E-state index contributed by atoms with van der Waals surface area (Å²) in [7, 11) is 3.36. The highest BCUT2D eigenvalue weighted by Crippen LogP contribution is 2.21. The maximum Gasteiger partial charge on any atom is 0.258 e. The van der Waals surface area contributed by atoms with Crippen LogP contribution < -0.4 is 9.64 Å². The number of carbonyl (C=O) groups excluding carboxylic acids is 1. The van der Waals surface area contributed by atoms with Gasteiger partial charge in [-0.2, -0.15) is 0 Å². The average Bonchev–Trinajstić information content (AvgIpc) is 2.46. The quantitative estimate of drug-likeness (QED) is 0.862. The topological polar surface area (TPSA) is 29.5 Å². The van der Waals surface area contributed by atoms with Crippen molar-refractivity contribution in [3.05, 3.63) is 58.6 Å². The molecule has 0 atom stereocenters. The number of ether oxygens (including phenoxy) is 1. The number of benzene rings is 2. The summed E-state index contributed by atoms with van der Waals surface area (Å²) < 4.78 is 6.11. The molecular weight excluding hydrogens is 306 g/mol. The van der Waals surface area contributed by atoms with Crippen LogP contribution >= 0.6 is 15.9 Å². The lowest BCUT2D eigenvalue weighted by molar-refractivity contribution is 0.0993. The monoisotopic (exact) mass is 319 g/mol. The van der Waals surface area contributed by atoms with Crippen molar-refractivity contribution < 1.29 is 9.53 Å². The van der Waals surface area contributed by atoms with E-state index in [2.05, 4.69) is 15.9 Å². The van der Waals surface area contributed by atoms with Gasteiger partial charge in [-0.15, -0.1) is 0 Å². The molecule has 2 rings (SSSR count). The summed E-state index contributed by atoms with van der Waals surface area (Å²) in [6.45, 7) is 0. The minimum atomic E-state index is -0.0549. The number of hydrogen-bond donors (Lipinski definition) is 0. The van der Waals surface area contributed by atoms with E-state index in [-0.39, 0.29) is 5.91 Å². The normalized spacial score (nSPS) is 10.1. The van der Waals surface area contributed by atoms with Crippen LogP contribution in [-0.2, 0) is 0 Å². The largest absolute Gasteiger partial charge is 0.497 e. The molecule has 2 aromatic rings. The zero-order chi connectivity index (χ0) is 13.8. The van der Waals surface area contributed by atoms with Crippen molar-refractivity contribution >= 4 is 27.5 Å². The van der Waals surface area contributed by atoms with E-state index >= 15 is 0 Å². The standard InChI is InChI=1S/C15H14BrNO2/c1-17(13-4-3-5-14(10-13)19-2)15(18)11-6-8-12(16)9-7-11/h3-10H,1-2H3. The Hall–Kier alpha value is -1.81. The van der Waals surface area contributed by atoms with Crippen LogP contribution in [0.4, 0.5) is 5.69 Å². The fraction of sp³-hybridized carbons (Fsp3) is 0.133. The molecule has 3 nitrogen and oxygen atoms in total. The number of nitrogens with zero attached hydrogens (tertiary/aromatic N) is 1. The van der Waals surface area contributed by atoms with Crippen LogP contribution in [0.25, 0.3) is 0 Å². The van der Waals surface area contributed by atoms with Crippen LogP contribution in [0.15, 0.2) is 53.0 Å². The Morgan fingerprint density at radius 1 is 1.16 bits per heavy atom. The number of amides is 1. The molecule has 0 aliphatic carbocycles. The Kier molecular flexibility index (Phi) is 4.22. The SMILES string of the molecule is COc1cccc(N(C)C(=O)c2ccc(Br)cc2)c1. The summed E-state index contributed by atoms with van der Waals surface area (Å²) in [5, 5.41) is 0. The Labute approximate surface area is 120 Å². The molecule has 0 spiro atoms. The second kappa shape index (κ2) is 5.89. The zero-order valence-electron chi connectivity index (χ0n) is 10.8. The predicted octanol–water partition coefficient (Wildman–Crippen LogP) is 3.73. The van der Waals surface area contributed by atoms with Gasteiger partial charge in [0, 0.05) is 28.8 Å². The van der Waals surface area contributed by atoms with E-state index < -0.39 is 0 Å². The van der Waals surface area contributed by atoms with E-state index in [1.54, 1.807) is 31.2 Å². The van der Waals surface area contributed by atoms with Gasteiger partial charge in [-0.05, 0) is 36.4 Å². The van der Waals surface area contributed by atoms with E-state index in [1.807, 2.05) is 36.4 Å². The van der Waals surface area contributed by atoms with Crippen molar-refractivity contribution in [2.24, 2.45) is 0 Å². The van der Waals surface area contributed by atoms with Crippen LogP contribution in [0.5, 0.6) is 5.75 Å². The smallest absolute Gasteiger partial charge is 0.258 e. The van der Waals surface area contributed by atoms with E-state index in [1.165, 1.54) is 0 Å². The lowest BCUT2D eigenvalue weighted by Gasteiger charge is -2.18. The summed E-state index contributed by atoms with van der Waals surface area (Å²) in [6.07, 6.45) is 0. The van der Waals surface area contributed by atoms with Gasteiger partial charge in [0.1, 0.15) is 5.75 Å². The molecule has 4 heteroatoms. The minimum absolute atomic E-state index is 0.0549. The third-order valence-corrected chi connectivity index (χ3v) is 3.37. The van der Waals surface area contributed by atoms with Crippen LogP contribution in [0.1, 0.15) is 10.4 Å². The fourth-order valence-electron chi connectivity index (χ4n) is 1.72. The highest BCUT2D eigenvalue weighted by Gasteiger charge is 2.13. The summed E-state index contributed by atoms with van der Waals surface area (Å²) in [4.78, 5) is 13.9. The van der Waals surface area contributed by atoms with Crippen molar-refractivity contribution in [1.82, 2.24) is 0 Å². The Morgan fingerprint density at radius 2 is 1.84 bits per heavy atom. The molecule has 2 aromatic carbocycles. The predicted molar refractivity (Wildman–Crippen MR) is 79.9 cm³/mol. The highest BCUT2D eigenvalue weighted by molar-refractivity contribution is 9.10. The van der Waals surface area contributed by atoms with Gasteiger partial charge in [-0.1, -0.05) is 22.0 Å². The van der Waals surface area contributed by atoms with E-state index in [0.717, 1.165) is 15.9 Å². The van der Waals surface area contributed by atoms with Crippen molar-refractivity contribution in [2.75, 3.05) is 19.1 Å². The van der Waals surface area contributed by atoms with Crippen LogP contribution in [-0.4, -0.2) is 20.1 Å². The molecule has 0 radical (unpaired) electrons. The van der Waals surface area contributed by atoms with Crippen molar-refractivity contribution in [2.45, 2.75) is 0 Å². The molecule has 0 saturated heterocycles. The molecule has 98 valence electrons. The van der Waals surface area contributed by atoms with Gasteiger partial charge in [-0.3, -0.25) is 4.79 Å². The Balaban J connectivity index is 2.25. The number of anilines is 1. The lowest BCUT2D eigenvalue weighted by atomic mass is 10.2. The van der Waals surface area contributed by atoms with Crippen molar-refractivity contribution in [3.8, 4) is 5.75 Å². The first-order valence-electron chi connectivity index (χ1n) is 5.79. The van der Waals surface area contributed by atoms with E-state index in [4.69, 9.17) is 4.74 Å². The first-order chi connectivity index (χ1) is 9.11. The van der Waals surface area contributed by atoms with Gasteiger partial charge in [0.2, 0.25) is 0 Å². The third kappa shape index (κ3) is 3.15. The van der Waals surface area contributed by atoms with E-state index in [0.29, 0.717) is 5.56 Å². The van der Waals surface area contributed by atoms with Crippen LogP contribution in [0.2, 0.25) is 0 Å². The van der Waals surface area contributed by atoms with Crippen LogP contribution in [0.3, 0.4) is 0 Å². The lowest BCUT2D eigenvalue weighted by Crippen LogP contribution is -2.26. The minimum Gasteiger partial charge on any atom is -0.497 e. The number of rotatable bonds is 3. The average molecular weight is 320 g/mol. The number of carbonyl (C=O) groups is 1. The highest BCUT2D eigenvalue weighted by atomic mass is 79.9. The third-order valence-electron chi connectivity index (χ3n) is 2.84. The Bertz CT molecular complexity index is 581. The van der Waals surface area contributed by atoms with Gasteiger partial charge in [-0.25, -0.2) is 0 Å². The number of halogens is 1. The molecular formula is C15H14BrNO2. The molecule has 0 bridgehead atoms. The molecule has 0 unspecified atom stereocenters. The summed E-state index contributed by atoms with van der Waals surface area (Å²) >= 11 is 3.35. The molecule has 0 aliphatic rings. The van der Waals surface area contributed by atoms with Gasteiger partial charge >= 0.3 is 0 Å². The second-order valence-electron chi connectivity index (χ2n) is 4.07. The van der Waals surface area contributed by atoms with Gasteiger partial charge < -0.3 is 9.64 Å². The molecule has 0 aliphatic heterocycles. The molecule has 0 saturated carbocycles. The zero-order valence-corrected chi connectivity index (χ0v) is 12.3. The number of methoxy groups -OCH3 is 1. The molecule has 19 heavy (non-hydrogen) atoms. The second-order valence-corrected chi connectivity index (χ2v) is 4.99. The van der Waals surface area contributed by atoms with E-state index in [9.17, 15) is 4.79 Å². The molecule has 0 heterocycles. The maximum absolute atomic E-state index is 12.3. The molecule has 0 fully saturated rings. The first kappa shape index (κ1) is 13.6.